The maximum Gasteiger partial charge on any atom is 0.261 e. The van der Waals surface area contributed by atoms with Gasteiger partial charge in [-0.15, -0.1) is 11.3 Å². The summed E-state index contributed by atoms with van der Waals surface area (Å²) in [5, 5.41) is 19.4. The van der Waals surface area contributed by atoms with Crippen LogP contribution in [0.25, 0.3) is 11.0 Å². The van der Waals surface area contributed by atoms with Crippen molar-refractivity contribution in [3.8, 4) is 6.07 Å². The third-order valence-corrected chi connectivity index (χ3v) is 6.98. The number of carbonyl (C=O) groups is 1. The van der Waals surface area contributed by atoms with Crippen LogP contribution in [-0.4, -0.2) is 38.7 Å². The number of thiophene rings is 1. The minimum absolute atomic E-state index is 0.0362. The van der Waals surface area contributed by atoms with Gasteiger partial charge in [0.25, 0.3) is 5.91 Å². The van der Waals surface area contributed by atoms with Gasteiger partial charge < -0.3 is 15.6 Å². The van der Waals surface area contributed by atoms with E-state index in [1.165, 1.54) is 11.3 Å². The van der Waals surface area contributed by atoms with Crippen LogP contribution in [0.15, 0.2) is 29.4 Å². The first-order chi connectivity index (χ1) is 16.4. The van der Waals surface area contributed by atoms with Gasteiger partial charge in [-0.05, 0) is 49.8 Å². The van der Waals surface area contributed by atoms with Crippen LogP contribution in [0.2, 0.25) is 0 Å². The molecular weight excluding hydrogens is 448 g/mol. The predicted octanol–water partition coefficient (Wildman–Crippen LogP) is 3.79. The molecule has 176 valence electrons. The molecule has 0 radical (unpaired) electrons. The molecule has 9 nitrogen and oxygen atoms in total. The summed E-state index contributed by atoms with van der Waals surface area (Å²) < 4.78 is 2.29. The van der Waals surface area contributed by atoms with E-state index in [2.05, 4.69) is 39.8 Å². The molecule has 4 rings (SSSR count). The van der Waals surface area contributed by atoms with Gasteiger partial charge in [0.1, 0.15) is 34.3 Å². The van der Waals surface area contributed by atoms with Crippen LogP contribution < -0.4 is 11.1 Å². The molecule has 10 heteroatoms. The minimum atomic E-state index is -0.128. The molecule has 0 spiro atoms. The van der Waals surface area contributed by atoms with Gasteiger partial charge >= 0.3 is 0 Å². The zero-order valence-corrected chi connectivity index (χ0v) is 20.1. The van der Waals surface area contributed by atoms with E-state index in [0.717, 1.165) is 55.3 Å². The van der Waals surface area contributed by atoms with Gasteiger partial charge in [-0.25, -0.2) is 9.98 Å². The highest BCUT2D eigenvalue weighted by molar-refractivity contribution is 7.14. The largest absolute Gasteiger partial charge is 0.382 e. The molecule has 1 aliphatic rings. The molecule has 1 saturated carbocycles. The molecule has 3 aromatic heterocycles. The fourth-order valence-corrected chi connectivity index (χ4v) is 5.25. The fourth-order valence-electron chi connectivity index (χ4n) is 4.55. The number of aromatic nitrogens is 3. The van der Waals surface area contributed by atoms with E-state index in [9.17, 15) is 4.79 Å². The van der Waals surface area contributed by atoms with Crippen molar-refractivity contribution in [1.29, 1.82) is 10.7 Å². The number of amides is 1. The lowest BCUT2D eigenvalue weighted by atomic mass is 9.90. The van der Waals surface area contributed by atoms with Crippen LogP contribution in [-0.2, 0) is 6.42 Å². The third-order valence-electron chi connectivity index (χ3n) is 5.99. The van der Waals surface area contributed by atoms with E-state index in [4.69, 9.17) is 21.4 Å². The Morgan fingerprint density at radius 1 is 1.47 bits per heavy atom. The number of amidine groups is 1. The molecule has 2 unspecified atom stereocenters. The second-order valence-corrected chi connectivity index (χ2v) is 10.0. The number of nitriles is 1. The van der Waals surface area contributed by atoms with Gasteiger partial charge in [0.15, 0.2) is 5.84 Å². The number of hydrogen-bond donors (Lipinski definition) is 3. The van der Waals surface area contributed by atoms with Crippen molar-refractivity contribution in [3.05, 3.63) is 45.7 Å². The Labute approximate surface area is 202 Å². The molecule has 0 saturated heterocycles. The Bertz CT molecular complexity index is 1280. The van der Waals surface area contributed by atoms with Crippen molar-refractivity contribution < 1.29 is 4.79 Å². The average Bonchev–Trinajstić information content (AvgIpc) is 3.43. The molecule has 0 aliphatic heterocycles. The highest BCUT2D eigenvalue weighted by Crippen LogP contribution is 2.34. The normalized spacial score (nSPS) is 18.7. The lowest BCUT2D eigenvalue weighted by molar-refractivity contribution is 0.0925. The summed E-state index contributed by atoms with van der Waals surface area (Å²) in [5.41, 5.74) is 8.25. The summed E-state index contributed by atoms with van der Waals surface area (Å²) in [6.07, 6.45) is 7.12. The minimum Gasteiger partial charge on any atom is -0.382 e. The van der Waals surface area contributed by atoms with Gasteiger partial charge in [0, 0.05) is 18.5 Å². The van der Waals surface area contributed by atoms with Gasteiger partial charge in [-0.2, -0.15) is 5.26 Å². The smallest absolute Gasteiger partial charge is 0.261 e. The van der Waals surface area contributed by atoms with Crippen molar-refractivity contribution in [3.63, 3.8) is 0 Å². The van der Waals surface area contributed by atoms with Gasteiger partial charge in [0.05, 0.1) is 16.6 Å². The van der Waals surface area contributed by atoms with Crippen LogP contribution in [0.1, 0.15) is 71.6 Å². The van der Waals surface area contributed by atoms with E-state index < -0.39 is 0 Å². The Morgan fingerprint density at radius 3 is 3.00 bits per heavy atom. The van der Waals surface area contributed by atoms with Crippen LogP contribution >= 0.6 is 11.3 Å². The summed E-state index contributed by atoms with van der Waals surface area (Å²) in [6.45, 7) is 4.34. The van der Waals surface area contributed by atoms with E-state index in [-0.39, 0.29) is 23.8 Å². The highest BCUT2D eigenvalue weighted by Gasteiger charge is 2.28. The van der Waals surface area contributed by atoms with Gasteiger partial charge in [-0.1, -0.05) is 13.8 Å². The zero-order valence-electron chi connectivity index (χ0n) is 19.3. The van der Waals surface area contributed by atoms with Crippen molar-refractivity contribution >= 4 is 40.5 Å². The molecule has 0 bridgehead atoms. The monoisotopic (exact) mass is 476 g/mol. The van der Waals surface area contributed by atoms with Crippen molar-refractivity contribution in [2.75, 3.05) is 0 Å². The molecule has 3 heterocycles. The van der Waals surface area contributed by atoms with Crippen LogP contribution in [0.3, 0.4) is 0 Å². The molecule has 1 fully saturated rings. The Morgan fingerprint density at radius 2 is 2.29 bits per heavy atom. The first kappa shape index (κ1) is 23.6. The lowest BCUT2D eigenvalue weighted by Gasteiger charge is -2.32. The fraction of sp³-hybridized carbons (Fsp3) is 0.417. The highest BCUT2D eigenvalue weighted by atomic mass is 32.1. The second kappa shape index (κ2) is 10.1. The average molecular weight is 477 g/mol. The number of hydrogen-bond acceptors (Lipinski definition) is 6. The number of aliphatic imine (C=N–C) groups is 1. The Hall–Kier alpha value is -3.58. The quantitative estimate of drug-likeness (QED) is 0.351. The number of fused-ring (bicyclic) bond motifs is 1. The third kappa shape index (κ3) is 4.99. The number of nitrogens with one attached hydrogen (secondary N) is 2. The summed E-state index contributed by atoms with van der Waals surface area (Å²) >= 11 is 1.21. The number of nitrogens with two attached hydrogens (primary N) is 1. The zero-order chi connectivity index (χ0) is 24.2. The van der Waals surface area contributed by atoms with E-state index in [1.54, 1.807) is 18.3 Å². The molecular formula is C24H28N8OS. The molecule has 2 atom stereocenters. The molecule has 34 heavy (non-hydrogen) atoms. The first-order valence-electron chi connectivity index (χ1n) is 11.4. The summed E-state index contributed by atoms with van der Waals surface area (Å²) in [4.78, 5) is 27.0. The van der Waals surface area contributed by atoms with Crippen LogP contribution in [0.5, 0.6) is 0 Å². The molecule has 3 aromatic rings. The topological polar surface area (TPSA) is 146 Å². The van der Waals surface area contributed by atoms with E-state index in [0.29, 0.717) is 21.4 Å². The number of pyridine rings is 1. The maximum absolute atomic E-state index is 12.8. The molecule has 1 amide bonds. The Balaban J connectivity index is 1.64. The predicted molar refractivity (Wildman–Crippen MR) is 133 cm³/mol. The van der Waals surface area contributed by atoms with Gasteiger partial charge in [-0.3, -0.25) is 15.2 Å². The molecule has 0 aromatic carbocycles. The molecule has 4 N–H and O–H groups in total. The summed E-state index contributed by atoms with van der Waals surface area (Å²) in [6, 6.07) is 7.57. The van der Waals surface area contributed by atoms with Crippen LogP contribution in [0.4, 0.5) is 0 Å². The van der Waals surface area contributed by atoms with E-state index in [1.807, 2.05) is 6.07 Å². The van der Waals surface area contributed by atoms with Crippen LogP contribution in [0, 0.1) is 22.7 Å². The standard InChI is InChI=1S/C24H28N8OS/c1-14(2)8-22-31-19-12-28-18(23(27)29-13-26)10-20(19)32(22)16-5-3-4-15(9-16)30-24(33)21-7-6-17(11-25)34-21/h6-7,10,12-16H,3-5,8-9H2,1-2H3,(H,30,33)(H3,26,27,29). The molecule has 1 aliphatic carbocycles. The summed E-state index contributed by atoms with van der Waals surface area (Å²) in [7, 11) is 0. The van der Waals surface area contributed by atoms with Gasteiger partial charge in [0.2, 0.25) is 0 Å². The number of imidazole rings is 1. The maximum atomic E-state index is 12.8. The second-order valence-electron chi connectivity index (χ2n) is 8.96. The Kier molecular flexibility index (Phi) is 7.03. The van der Waals surface area contributed by atoms with E-state index >= 15 is 0 Å². The van der Waals surface area contributed by atoms with Crippen molar-refractivity contribution in [2.24, 2.45) is 16.6 Å². The SMILES string of the molecule is CC(C)Cc1nc2cnc(C(N)=NC=N)cc2n1C1CCCC(NC(=O)c2ccc(C#N)s2)C1. The number of nitrogens with zero attached hydrogens (tertiary/aromatic N) is 5. The number of rotatable bonds is 7. The van der Waals surface area contributed by atoms with Crippen molar-refractivity contribution in [1.82, 2.24) is 19.9 Å². The number of carbonyl (C=O) groups excluding carboxylic acids is 1. The first-order valence-corrected chi connectivity index (χ1v) is 12.2. The summed E-state index contributed by atoms with van der Waals surface area (Å²) in [5.74, 6) is 1.49. The van der Waals surface area contributed by atoms with Crippen molar-refractivity contribution in [2.45, 2.75) is 58.0 Å². The lowest BCUT2D eigenvalue weighted by Crippen LogP contribution is -2.38.